The molecule has 3 aliphatic rings. The monoisotopic (exact) mass is 456 g/mol. The highest BCUT2D eigenvalue weighted by atomic mass is 16.4. The molecule has 4 rings (SSSR count). The first-order valence-corrected chi connectivity index (χ1v) is 10.9. The summed E-state index contributed by atoms with van der Waals surface area (Å²) in [7, 11) is 0. The molecule has 0 aromatic heterocycles. The molecule has 3 heterocycles. The highest BCUT2D eigenvalue weighted by Gasteiger charge is 2.44. The largest absolute Gasteiger partial charge is 0.481 e. The maximum absolute atomic E-state index is 13.0. The maximum atomic E-state index is 13.0. The molecule has 0 saturated carbocycles. The second-order valence-electron chi connectivity index (χ2n) is 8.29. The molecule has 2 saturated heterocycles. The van der Waals surface area contributed by atoms with Gasteiger partial charge in [-0.1, -0.05) is 0 Å². The molecule has 0 aliphatic carbocycles. The first-order chi connectivity index (χ1) is 15.8. The zero-order chi connectivity index (χ0) is 23.7. The van der Waals surface area contributed by atoms with Crippen molar-refractivity contribution in [1.82, 2.24) is 15.1 Å². The number of rotatable bonds is 6. The summed E-state index contributed by atoms with van der Waals surface area (Å²) in [5, 5.41) is 10.9. The molecule has 1 unspecified atom stereocenters. The first-order valence-electron chi connectivity index (χ1n) is 10.9. The number of carbonyl (C=O) groups is 6. The van der Waals surface area contributed by atoms with Crippen molar-refractivity contribution in [2.24, 2.45) is 0 Å². The molecular formula is C22H24N4O7. The molecule has 0 bridgehead atoms. The number of imide groups is 2. The fourth-order valence-corrected chi connectivity index (χ4v) is 4.42. The molecular weight excluding hydrogens is 432 g/mol. The second kappa shape index (κ2) is 9.00. The van der Waals surface area contributed by atoms with E-state index in [9.17, 15) is 28.8 Å². The van der Waals surface area contributed by atoms with E-state index in [0.29, 0.717) is 32.6 Å². The fourth-order valence-electron chi connectivity index (χ4n) is 4.42. The minimum absolute atomic E-state index is 0.0383. The number of fused-ring (bicyclic) bond motifs is 1. The van der Waals surface area contributed by atoms with Gasteiger partial charge in [0.2, 0.25) is 17.7 Å². The van der Waals surface area contributed by atoms with Crippen molar-refractivity contribution < 1.29 is 33.9 Å². The topological polar surface area (TPSA) is 144 Å². The van der Waals surface area contributed by atoms with E-state index in [2.05, 4.69) is 5.32 Å². The van der Waals surface area contributed by atoms with E-state index < -0.39 is 35.6 Å². The van der Waals surface area contributed by atoms with Gasteiger partial charge in [0.15, 0.2) is 0 Å². The SMILES string of the molecule is O=C(O)CCCC(=O)N1CCN(c2ccc3c(c2)C(=O)N(C2CCC(=O)NC2=O)C3=O)CC1. The number of benzene rings is 1. The Morgan fingerprint density at radius 3 is 2.33 bits per heavy atom. The van der Waals surface area contributed by atoms with Gasteiger partial charge in [0.25, 0.3) is 11.8 Å². The van der Waals surface area contributed by atoms with Crippen LogP contribution in [0, 0.1) is 0 Å². The number of hydrogen-bond donors (Lipinski definition) is 2. The van der Waals surface area contributed by atoms with Gasteiger partial charge in [-0.05, 0) is 31.0 Å². The highest BCUT2D eigenvalue weighted by Crippen LogP contribution is 2.31. The van der Waals surface area contributed by atoms with Gasteiger partial charge in [0.1, 0.15) is 6.04 Å². The standard InChI is InChI=1S/C22H24N4O7/c27-17-7-6-16(20(31)23-17)26-21(32)14-5-4-13(12-15(14)22(26)33)24-8-10-25(11-9-24)18(28)2-1-3-19(29)30/h4-5,12,16H,1-3,6-11H2,(H,29,30)(H,23,27,31). The zero-order valence-corrected chi connectivity index (χ0v) is 17.9. The van der Waals surface area contributed by atoms with Crippen LogP contribution in [-0.2, 0) is 19.2 Å². The van der Waals surface area contributed by atoms with Gasteiger partial charge in [0, 0.05) is 51.1 Å². The number of nitrogens with zero attached hydrogens (tertiary/aromatic N) is 3. The van der Waals surface area contributed by atoms with Crippen molar-refractivity contribution in [3.8, 4) is 0 Å². The van der Waals surface area contributed by atoms with Crippen LogP contribution in [0.2, 0.25) is 0 Å². The lowest BCUT2D eigenvalue weighted by Gasteiger charge is -2.36. The predicted octanol–water partition coefficient (Wildman–Crippen LogP) is -0.00870. The third-order valence-electron chi connectivity index (χ3n) is 6.20. The highest BCUT2D eigenvalue weighted by molar-refractivity contribution is 6.23. The molecule has 2 N–H and O–H groups in total. The Morgan fingerprint density at radius 2 is 1.67 bits per heavy atom. The molecule has 1 aromatic rings. The molecule has 1 aromatic carbocycles. The van der Waals surface area contributed by atoms with E-state index in [1.54, 1.807) is 23.1 Å². The third kappa shape index (κ3) is 4.43. The molecule has 0 radical (unpaired) electrons. The van der Waals surface area contributed by atoms with Crippen molar-refractivity contribution in [2.45, 2.75) is 38.1 Å². The van der Waals surface area contributed by atoms with E-state index in [1.165, 1.54) is 0 Å². The summed E-state index contributed by atoms with van der Waals surface area (Å²) in [5.74, 6) is -3.18. The zero-order valence-electron chi connectivity index (χ0n) is 17.9. The lowest BCUT2D eigenvalue weighted by molar-refractivity contribution is -0.138. The van der Waals surface area contributed by atoms with Gasteiger partial charge in [0.05, 0.1) is 11.1 Å². The molecule has 11 nitrogen and oxygen atoms in total. The number of hydrogen-bond acceptors (Lipinski definition) is 7. The number of piperidine rings is 1. The Kier molecular flexibility index (Phi) is 6.12. The van der Waals surface area contributed by atoms with Gasteiger partial charge in [-0.25, -0.2) is 0 Å². The molecule has 1 atom stereocenters. The molecule has 3 aliphatic heterocycles. The molecule has 5 amide bonds. The van der Waals surface area contributed by atoms with E-state index >= 15 is 0 Å². The average Bonchev–Trinajstić information content (AvgIpc) is 3.03. The lowest BCUT2D eigenvalue weighted by Crippen LogP contribution is -2.54. The van der Waals surface area contributed by atoms with Crippen molar-refractivity contribution in [1.29, 1.82) is 0 Å². The van der Waals surface area contributed by atoms with Gasteiger partial charge in [-0.2, -0.15) is 0 Å². The number of nitrogens with one attached hydrogen (secondary N) is 1. The maximum Gasteiger partial charge on any atom is 0.303 e. The summed E-state index contributed by atoms with van der Waals surface area (Å²) in [6.07, 6.45) is 0.625. The predicted molar refractivity (Wildman–Crippen MR) is 113 cm³/mol. The molecule has 2 fully saturated rings. The summed E-state index contributed by atoms with van der Waals surface area (Å²) in [4.78, 5) is 76.9. The average molecular weight is 456 g/mol. The Hall–Kier alpha value is -3.76. The molecule has 0 spiro atoms. The van der Waals surface area contributed by atoms with Crippen LogP contribution in [0.3, 0.4) is 0 Å². The third-order valence-corrected chi connectivity index (χ3v) is 6.20. The first kappa shape index (κ1) is 22.4. The van der Waals surface area contributed by atoms with Crippen molar-refractivity contribution in [3.05, 3.63) is 29.3 Å². The van der Waals surface area contributed by atoms with E-state index in [0.717, 1.165) is 10.6 Å². The summed E-state index contributed by atoms with van der Waals surface area (Å²) >= 11 is 0. The smallest absolute Gasteiger partial charge is 0.303 e. The Balaban J connectivity index is 1.41. The number of anilines is 1. The fraction of sp³-hybridized carbons (Fsp3) is 0.455. The summed E-state index contributed by atoms with van der Waals surface area (Å²) < 4.78 is 0. The van der Waals surface area contributed by atoms with E-state index in [-0.39, 0.29) is 42.7 Å². The van der Waals surface area contributed by atoms with Gasteiger partial charge >= 0.3 is 5.97 Å². The summed E-state index contributed by atoms with van der Waals surface area (Å²) in [6, 6.07) is 3.93. The van der Waals surface area contributed by atoms with Crippen LogP contribution in [0.15, 0.2) is 18.2 Å². The Bertz CT molecular complexity index is 1050. The summed E-state index contributed by atoms with van der Waals surface area (Å²) in [5.41, 5.74) is 1.17. The van der Waals surface area contributed by atoms with Crippen LogP contribution in [0.25, 0.3) is 0 Å². The van der Waals surface area contributed by atoms with Crippen LogP contribution < -0.4 is 10.2 Å². The lowest BCUT2D eigenvalue weighted by atomic mass is 10.0. The molecule has 33 heavy (non-hydrogen) atoms. The van der Waals surface area contributed by atoms with Crippen LogP contribution >= 0.6 is 0 Å². The molecule has 174 valence electrons. The van der Waals surface area contributed by atoms with Gasteiger partial charge in [-0.3, -0.25) is 39.0 Å². The summed E-state index contributed by atoms with van der Waals surface area (Å²) in [6.45, 7) is 2.00. The second-order valence-corrected chi connectivity index (χ2v) is 8.29. The minimum atomic E-state index is -1.01. The Morgan fingerprint density at radius 1 is 0.970 bits per heavy atom. The van der Waals surface area contributed by atoms with E-state index in [4.69, 9.17) is 5.11 Å². The van der Waals surface area contributed by atoms with Crippen molar-refractivity contribution in [2.75, 3.05) is 31.1 Å². The van der Waals surface area contributed by atoms with Crippen LogP contribution in [-0.4, -0.2) is 82.6 Å². The van der Waals surface area contributed by atoms with Crippen LogP contribution in [0.4, 0.5) is 5.69 Å². The minimum Gasteiger partial charge on any atom is -0.481 e. The van der Waals surface area contributed by atoms with Crippen molar-refractivity contribution in [3.63, 3.8) is 0 Å². The Labute approximate surface area is 189 Å². The number of carbonyl (C=O) groups excluding carboxylic acids is 5. The quantitative estimate of drug-likeness (QED) is 0.569. The number of carboxylic acid groups (broad SMARTS) is 1. The van der Waals surface area contributed by atoms with Crippen molar-refractivity contribution >= 4 is 41.2 Å². The normalized spacial score (nSPS) is 20.7. The number of carboxylic acids is 1. The van der Waals surface area contributed by atoms with Crippen LogP contribution in [0.5, 0.6) is 0 Å². The number of piperazine rings is 1. The van der Waals surface area contributed by atoms with E-state index in [1.807, 2.05) is 4.90 Å². The van der Waals surface area contributed by atoms with Gasteiger partial charge < -0.3 is 14.9 Å². The van der Waals surface area contributed by atoms with Gasteiger partial charge in [-0.15, -0.1) is 0 Å². The number of aliphatic carboxylic acids is 1. The molecule has 11 heteroatoms. The number of amides is 5. The van der Waals surface area contributed by atoms with Crippen LogP contribution in [0.1, 0.15) is 52.8 Å².